The van der Waals surface area contributed by atoms with Crippen LogP contribution in [-0.2, 0) is 24.1 Å². The van der Waals surface area contributed by atoms with Crippen LogP contribution in [0, 0.1) is 11.3 Å². The monoisotopic (exact) mass is 509 g/mol. The van der Waals surface area contributed by atoms with Gasteiger partial charge in [-0.1, -0.05) is 41.4 Å². The van der Waals surface area contributed by atoms with Gasteiger partial charge in [-0.15, -0.1) is 0 Å². The third kappa shape index (κ3) is 5.90. The smallest absolute Gasteiger partial charge is 0.420 e. The molecule has 0 radical (unpaired) electrons. The summed E-state index contributed by atoms with van der Waals surface area (Å²) in [4.78, 5) is 26.9. The molecule has 11 heteroatoms. The number of rotatable bonds is 6. The maximum absolute atomic E-state index is 13.6. The molecule has 0 spiro atoms. The van der Waals surface area contributed by atoms with Crippen molar-refractivity contribution in [1.29, 1.82) is 5.26 Å². The molecule has 6 nitrogen and oxygen atoms in total. The molecule has 0 unspecified atom stereocenters. The van der Waals surface area contributed by atoms with E-state index in [1.54, 1.807) is 30.3 Å². The molecule has 3 rings (SSSR count). The second-order valence-electron chi connectivity index (χ2n) is 7.22. The number of ether oxygens (including phenoxy) is 1. The molecule has 0 aliphatic rings. The predicted octanol–water partition coefficient (Wildman–Crippen LogP) is 5.50. The topological polar surface area (TPSA) is 75.3 Å². The van der Waals surface area contributed by atoms with Crippen molar-refractivity contribution < 1.29 is 22.7 Å². The number of aromatic nitrogens is 1. The highest BCUT2D eigenvalue weighted by Gasteiger charge is 2.36. The third-order valence-corrected chi connectivity index (χ3v) is 5.33. The fourth-order valence-electron chi connectivity index (χ4n) is 3.04. The standard InChI is InChI=1S/C23H16Cl2F3N3O3/c1-30(12-15-4-2-3-5-19(15)25)20(32)13-31-7-6-18(23(26,27)28)21(22(31)33)34-17-9-14(11-29)8-16(24)10-17/h2-10H,12-13H2,1H3. The number of amides is 1. The van der Waals surface area contributed by atoms with Crippen LogP contribution in [-0.4, -0.2) is 22.4 Å². The van der Waals surface area contributed by atoms with Gasteiger partial charge in [0, 0.05) is 29.8 Å². The van der Waals surface area contributed by atoms with Crippen molar-refractivity contribution in [3.63, 3.8) is 0 Å². The first-order valence-electron chi connectivity index (χ1n) is 9.66. The summed E-state index contributed by atoms with van der Waals surface area (Å²) >= 11 is 12.0. The zero-order valence-corrected chi connectivity index (χ0v) is 19.1. The second-order valence-corrected chi connectivity index (χ2v) is 8.06. The Kier molecular flexibility index (Phi) is 7.54. The number of likely N-dealkylation sites (N-methyl/N-ethyl adjacent to an activating group) is 1. The molecule has 1 aromatic heterocycles. The van der Waals surface area contributed by atoms with Gasteiger partial charge in [-0.2, -0.15) is 18.4 Å². The normalized spacial score (nSPS) is 11.1. The molecule has 0 aliphatic carbocycles. The third-order valence-electron chi connectivity index (χ3n) is 4.74. The number of nitriles is 1. The molecule has 34 heavy (non-hydrogen) atoms. The molecular formula is C23H16Cl2F3N3O3. The predicted molar refractivity (Wildman–Crippen MR) is 120 cm³/mol. The van der Waals surface area contributed by atoms with E-state index >= 15 is 0 Å². The van der Waals surface area contributed by atoms with Gasteiger partial charge < -0.3 is 14.2 Å². The second kappa shape index (κ2) is 10.2. The van der Waals surface area contributed by atoms with Crippen molar-refractivity contribution in [2.75, 3.05) is 7.05 Å². The van der Waals surface area contributed by atoms with Gasteiger partial charge in [-0.3, -0.25) is 9.59 Å². The highest BCUT2D eigenvalue weighted by atomic mass is 35.5. The molecule has 0 atom stereocenters. The first-order valence-corrected chi connectivity index (χ1v) is 10.4. The van der Waals surface area contributed by atoms with Crippen LogP contribution in [0.25, 0.3) is 0 Å². The van der Waals surface area contributed by atoms with E-state index in [1.165, 1.54) is 24.1 Å². The van der Waals surface area contributed by atoms with E-state index < -0.39 is 35.5 Å². The number of halogens is 5. The van der Waals surface area contributed by atoms with Gasteiger partial charge in [-0.25, -0.2) is 0 Å². The molecule has 0 bridgehead atoms. The van der Waals surface area contributed by atoms with Crippen molar-refractivity contribution in [3.05, 3.63) is 91.8 Å². The van der Waals surface area contributed by atoms with Gasteiger partial charge in [0.2, 0.25) is 11.7 Å². The highest BCUT2D eigenvalue weighted by molar-refractivity contribution is 6.31. The van der Waals surface area contributed by atoms with Crippen molar-refractivity contribution in [1.82, 2.24) is 9.47 Å². The van der Waals surface area contributed by atoms with Crippen LogP contribution >= 0.6 is 23.2 Å². The summed E-state index contributed by atoms with van der Waals surface area (Å²) in [6.45, 7) is -0.399. The minimum atomic E-state index is -4.91. The van der Waals surface area contributed by atoms with Gasteiger partial charge in [-0.05, 0) is 35.9 Å². The van der Waals surface area contributed by atoms with E-state index in [9.17, 15) is 22.8 Å². The van der Waals surface area contributed by atoms with Crippen LogP contribution < -0.4 is 10.3 Å². The Labute approximate surface area is 202 Å². The zero-order chi connectivity index (χ0) is 25.0. The molecule has 1 heterocycles. The number of carbonyl (C=O) groups excluding carboxylic acids is 1. The van der Waals surface area contributed by atoms with Gasteiger partial charge in [0.15, 0.2) is 0 Å². The summed E-state index contributed by atoms with van der Waals surface area (Å²) in [5.41, 5.74) is -1.81. The lowest BCUT2D eigenvalue weighted by molar-refractivity contribution is -0.138. The lowest BCUT2D eigenvalue weighted by atomic mass is 10.2. The number of nitrogens with zero attached hydrogens (tertiary/aromatic N) is 3. The maximum Gasteiger partial charge on any atom is 0.420 e. The molecule has 3 aromatic rings. The Balaban J connectivity index is 1.93. The SMILES string of the molecule is CN(Cc1ccccc1Cl)C(=O)Cn1ccc(C(F)(F)F)c(Oc2cc(Cl)cc(C#N)c2)c1=O. The summed E-state index contributed by atoms with van der Waals surface area (Å²) in [6, 6.07) is 12.9. The van der Waals surface area contributed by atoms with E-state index in [0.29, 0.717) is 16.7 Å². The fraction of sp³-hybridized carbons (Fsp3) is 0.174. The van der Waals surface area contributed by atoms with Crippen molar-refractivity contribution in [2.45, 2.75) is 19.3 Å². The van der Waals surface area contributed by atoms with Crippen LogP contribution in [0.3, 0.4) is 0 Å². The number of alkyl halides is 3. The molecule has 2 aromatic carbocycles. The Bertz CT molecular complexity index is 1330. The van der Waals surface area contributed by atoms with Gasteiger partial charge in [0.05, 0.1) is 11.6 Å². The number of pyridine rings is 1. The van der Waals surface area contributed by atoms with Crippen LogP contribution in [0.5, 0.6) is 11.5 Å². The fourth-order valence-corrected chi connectivity index (χ4v) is 3.46. The van der Waals surface area contributed by atoms with Gasteiger partial charge >= 0.3 is 6.18 Å². The van der Waals surface area contributed by atoms with Crippen LogP contribution in [0.2, 0.25) is 10.0 Å². The van der Waals surface area contributed by atoms with Crippen molar-refractivity contribution in [2.24, 2.45) is 0 Å². The molecule has 0 N–H and O–H groups in total. The van der Waals surface area contributed by atoms with Crippen LogP contribution in [0.4, 0.5) is 13.2 Å². The maximum atomic E-state index is 13.6. The van der Waals surface area contributed by atoms with Gasteiger partial charge in [0.25, 0.3) is 5.56 Å². The molecule has 0 fully saturated rings. The van der Waals surface area contributed by atoms with Gasteiger partial charge in [0.1, 0.15) is 17.9 Å². The molecular weight excluding hydrogens is 494 g/mol. The Morgan fingerprint density at radius 3 is 2.53 bits per heavy atom. The molecule has 0 aliphatic heterocycles. The number of hydrogen-bond acceptors (Lipinski definition) is 4. The number of carbonyl (C=O) groups is 1. The van der Waals surface area contributed by atoms with E-state index in [4.69, 9.17) is 33.2 Å². The van der Waals surface area contributed by atoms with E-state index in [1.807, 2.05) is 0 Å². The molecule has 0 saturated heterocycles. The van der Waals surface area contributed by atoms with Crippen LogP contribution in [0.1, 0.15) is 16.7 Å². The quantitative estimate of drug-likeness (QED) is 0.439. The van der Waals surface area contributed by atoms with Crippen LogP contribution in [0.15, 0.2) is 59.5 Å². The lowest BCUT2D eigenvalue weighted by Gasteiger charge is -2.20. The zero-order valence-electron chi connectivity index (χ0n) is 17.6. The lowest BCUT2D eigenvalue weighted by Crippen LogP contribution is -2.34. The Morgan fingerprint density at radius 2 is 1.88 bits per heavy atom. The summed E-state index contributed by atoms with van der Waals surface area (Å²) in [5, 5.41) is 9.53. The Morgan fingerprint density at radius 1 is 1.18 bits per heavy atom. The number of hydrogen-bond donors (Lipinski definition) is 0. The average Bonchev–Trinajstić information content (AvgIpc) is 2.76. The van der Waals surface area contributed by atoms with E-state index in [2.05, 4.69) is 0 Å². The van der Waals surface area contributed by atoms with E-state index in [-0.39, 0.29) is 22.9 Å². The minimum Gasteiger partial charge on any atom is -0.451 e. The first-order chi connectivity index (χ1) is 16.0. The average molecular weight is 510 g/mol. The number of benzene rings is 2. The summed E-state index contributed by atoms with van der Waals surface area (Å²) in [5.74, 6) is -1.81. The molecule has 176 valence electrons. The van der Waals surface area contributed by atoms with E-state index in [0.717, 1.165) is 16.8 Å². The van der Waals surface area contributed by atoms with Crippen molar-refractivity contribution in [3.8, 4) is 17.6 Å². The molecule has 0 saturated carbocycles. The summed E-state index contributed by atoms with van der Waals surface area (Å²) in [7, 11) is 1.48. The first kappa shape index (κ1) is 25.1. The largest absolute Gasteiger partial charge is 0.451 e. The summed E-state index contributed by atoms with van der Waals surface area (Å²) in [6.07, 6.45) is -4.03. The highest BCUT2D eigenvalue weighted by Crippen LogP contribution is 2.36. The minimum absolute atomic E-state index is 0.0312. The summed E-state index contributed by atoms with van der Waals surface area (Å²) < 4.78 is 46.8. The molecule has 1 amide bonds. The Hall–Kier alpha value is -3.48. The van der Waals surface area contributed by atoms with Crippen molar-refractivity contribution >= 4 is 29.1 Å².